The van der Waals surface area contributed by atoms with Gasteiger partial charge in [-0.15, -0.1) is 0 Å². The molecule has 1 N–H and O–H groups in total. The van der Waals surface area contributed by atoms with Crippen LogP contribution in [0.25, 0.3) is 0 Å². The largest absolute Gasteiger partial charge is 0.481 e. The maximum atomic E-state index is 10.6. The highest BCUT2D eigenvalue weighted by Crippen LogP contribution is 2.25. The monoisotopic (exact) mass is 228 g/mol. The van der Waals surface area contributed by atoms with Crippen molar-refractivity contribution in [2.24, 2.45) is 0 Å². The zero-order valence-electron chi connectivity index (χ0n) is 10.9. The minimum Gasteiger partial charge on any atom is -0.481 e. The van der Waals surface area contributed by atoms with Gasteiger partial charge in [-0.1, -0.05) is 6.92 Å². The number of piperazine rings is 1. The lowest BCUT2D eigenvalue weighted by Gasteiger charge is -2.50. The molecule has 1 aliphatic heterocycles. The number of carboxylic acid groups (broad SMARTS) is 1. The lowest BCUT2D eigenvalue weighted by atomic mass is 9.93. The number of aliphatic carboxylic acids is 1. The molecule has 1 saturated heterocycles. The minimum atomic E-state index is -0.695. The van der Waals surface area contributed by atoms with Crippen LogP contribution in [0.3, 0.4) is 0 Å². The standard InChI is InChI=1S/C12H24N2O2/c1-5-14-8-10(6-7-11(15)16)13(4)12(2,3)9-14/h10H,5-9H2,1-4H3,(H,15,16). The molecule has 0 aromatic heterocycles. The van der Waals surface area contributed by atoms with Crippen molar-refractivity contribution in [3.63, 3.8) is 0 Å². The van der Waals surface area contributed by atoms with Gasteiger partial charge in [0, 0.05) is 31.1 Å². The van der Waals surface area contributed by atoms with Crippen molar-refractivity contribution in [1.29, 1.82) is 0 Å². The van der Waals surface area contributed by atoms with E-state index in [1.165, 1.54) is 0 Å². The average molecular weight is 228 g/mol. The molecule has 0 spiro atoms. The van der Waals surface area contributed by atoms with Crippen LogP contribution in [-0.4, -0.2) is 59.1 Å². The van der Waals surface area contributed by atoms with Gasteiger partial charge in [-0.3, -0.25) is 9.69 Å². The van der Waals surface area contributed by atoms with Gasteiger partial charge < -0.3 is 10.0 Å². The van der Waals surface area contributed by atoms with Crippen LogP contribution in [0.5, 0.6) is 0 Å². The fourth-order valence-corrected chi connectivity index (χ4v) is 2.45. The topological polar surface area (TPSA) is 43.8 Å². The second kappa shape index (κ2) is 5.15. The highest BCUT2D eigenvalue weighted by Gasteiger charge is 2.36. The Morgan fingerprint density at radius 2 is 2.12 bits per heavy atom. The van der Waals surface area contributed by atoms with Crippen LogP contribution in [0.2, 0.25) is 0 Å². The third-order valence-corrected chi connectivity index (χ3v) is 3.72. The number of hydrogen-bond donors (Lipinski definition) is 1. The highest BCUT2D eigenvalue weighted by atomic mass is 16.4. The third-order valence-electron chi connectivity index (χ3n) is 3.72. The van der Waals surface area contributed by atoms with E-state index >= 15 is 0 Å². The first-order valence-electron chi connectivity index (χ1n) is 6.04. The predicted molar refractivity (Wildman–Crippen MR) is 64.6 cm³/mol. The molecular formula is C12H24N2O2. The Labute approximate surface area is 98.2 Å². The molecule has 4 heteroatoms. The second-order valence-corrected chi connectivity index (χ2v) is 5.34. The van der Waals surface area contributed by atoms with Gasteiger partial charge in [0.05, 0.1) is 0 Å². The van der Waals surface area contributed by atoms with Gasteiger partial charge in [0.15, 0.2) is 0 Å². The van der Waals surface area contributed by atoms with E-state index < -0.39 is 5.97 Å². The zero-order chi connectivity index (χ0) is 12.3. The molecule has 4 nitrogen and oxygen atoms in total. The number of likely N-dealkylation sites (N-methyl/N-ethyl adjacent to an activating group) is 2. The second-order valence-electron chi connectivity index (χ2n) is 5.34. The van der Waals surface area contributed by atoms with Gasteiger partial charge in [0.25, 0.3) is 0 Å². The minimum absolute atomic E-state index is 0.136. The van der Waals surface area contributed by atoms with E-state index in [2.05, 4.69) is 37.6 Å². The molecule has 0 saturated carbocycles. The van der Waals surface area contributed by atoms with Crippen molar-refractivity contribution in [2.75, 3.05) is 26.7 Å². The van der Waals surface area contributed by atoms with Crippen LogP contribution >= 0.6 is 0 Å². The Hall–Kier alpha value is -0.610. The number of carboxylic acids is 1. The normalized spacial score (nSPS) is 26.9. The molecule has 0 radical (unpaired) electrons. The fourth-order valence-electron chi connectivity index (χ4n) is 2.45. The molecule has 1 atom stereocenters. The Morgan fingerprint density at radius 1 is 1.50 bits per heavy atom. The summed E-state index contributed by atoms with van der Waals surface area (Å²) in [7, 11) is 2.11. The van der Waals surface area contributed by atoms with Gasteiger partial charge >= 0.3 is 5.97 Å². The third kappa shape index (κ3) is 3.19. The number of rotatable bonds is 4. The number of hydrogen-bond acceptors (Lipinski definition) is 3. The van der Waals surface area contributed by atoms with Crippen LogP contribution in [0.4, 0.5) is 0 Å². The summed E-state index contributed by atoms with van der Waals surface area (Å²) in [6, 6.07) is 0.361. The molecule has 1 heterocycles. The van der Waals surface area contributed by atoms with Gasteiger partial charge in [0.1, 0.15) is 0 Å². The quantitative estimate of drug-likeness (QED) is 0.787. The molecule has 1 fully saturated rings. The van der Waals surface area contributed by atoms with E-state index in [0.29, 0.717) is 6.04 Å². The molecule has 16 heavy (non-hydrogen) atoms. The van der Waals surface area contributed by atoms with Gasteiger partial charge in [-0.05, 0) is 33.9 Å². The maximum Gasteiger partial charge on any atom is 0.303 e. The summed E-state index contributed by atoms with van der Waals surface area (Å²) in [5.74, 6) is -0.695. The van der Waals surface area contributed by atoms with Crippen molar-refractivity contribution in [2.45, 2.75) is 45.2 Å². The van der Waals surface area contributed by atoms with Crippen molar-refractivity contribution in [1.82, 2.24) is 9.80 Å². The van der Waals surface area contributed by atoms with Gasteiger partial charge in [-0.2, -0.15) is 0 Å². The molecule has 94 valence electrons. The average Bonchev–Trinajstić information content (AvgIpc) is 2.19. The number of carbonyl (C=O) groups is 1. The summed E-state index contributed by atoms with van der Waals surface area (Å²) in [5, 5.41) is 8.75. The lowest BCUT2D eigenvalue weighted by Crippen LogP contribution is -2.62. The fraction of sp³-hybridized carbons (Fsp3) is 0.917. The number of nitrogens with zero attached hydrogens (tertiary/aromatic N) is 2. The first kappa shape index (κ1) is 13.5. The molecule has 0 amide bonds. The summed E-state index contributed by atoms with van der Waals surface area (Å²) in [6.07, 6.45) is 1.01. The van der Waals surface area contributed by atoms with Crippen molar-refractivity contribution in [3.05, 3.63) is 0 Å². The maximum absolute atomic E-state index is 10.6. The molecule has 0 aromatic rings. The summed E-state index contributed by atoms with van der Waals surface area (Å²) in [5.41, 5.74) is 0.136. The van der Waals surface area contributed by atoms with Crippen LogP contribution in [-0.2, 0) is 4.79 Å². The lowest BCUT2D eigenvalue weighted by molar-refractivity contribution is -0.137. The van der Waals surface area contributed by atoms with Crippen LogP contribution in [0.15, 0.2) is 0 Å². The Morgan fingerprint density at radius 3 is 2.62 bits per heavy atom. The molecule has 1 unspecified atom stereocenters. The summed E-state index contributed by atoms with van der Waals surface area (Å²) in [4.78, 5) is 15.4. The molecule has 1 rings (SSSR count). The molecule has 0 aliphatic carbocycles. The SMILES string of the molecule is CCN1CC(CCC(=O)O)N(C)C(C)(C)C1. The van der Waals surface area contributed by atoms with E-state index in [-0.39, 0.29) is 12.0 Å². The van der Waals surface area contributed by atoms with Crippen molar-refractivity contribution in [3.8, 4) is 0 Å². The summed E-state index contributed by atoms with van der Waals surface area (Å²) < 4.78 is 0. The van der Waals surface area contributed by atoms with Gasteiger partial charge in [-0.25, -0.2) is 0 Å². The summed E-state index contributed by atoms with van der Waals surface area (Å²) >= 11 is 0. The van der Waals surface area contributed by atoms with E-state index in [0.717, 1.165) is 26.1 Å². The molecule has 1 aliphatic rings. The summed E-state index contributed by atoms with van der Waals surface area (Å²) in [6.45, 7) is 9.70. The smallest absolute Gasteiger partial charge is 0.303 e. The zero-order valence-corrected chi connectivity index (χ0v) is 10.9. The molecular weight excluding hydrogens is 204 g/mol. The van der Waals surface area contributed by atoms with Crippen LogP contribution < -0.4 is 0 Å². The van der Waals surface area contributed by atoms with Crippen LogP contribution in [0, 0.1) is 0 Å². The highest BCUT2D eigenvalue weighted by molar-refractivity contribution is 5.66. The van der Waals surface area contributed by atoms with E-state index in [1.54, 1.807) is 0 Å². The van der Waals surface area contributed by atoms with E-state index in [9.17, 15) is 4.79 Å². The van der Waals surface area contributed by atoms with Gasteiger partial charge in [0.2, 0.25) is 0 Å². The predicted octanol–water partition coefficient (Wildman–Crippen LogP) is 1.27. The Bertz CT molecular complexity index is 253. The van der Waals surface area contributed by atoms with E-state index in [4.69, 9.17) is 5.11 Å². The van der Waals surface area contributed by atoms with E-state index in [1.807, 2.05) is 0 Å². The first-order chi connectivity index (χ1) is 7.36. The van der Waals surface area contributed by atoms with Crippen molar-refractivity contribution >= 4 is 5.97 Å². The Balaban J connectivity index is 2.63. The first-order valence-corrected chi connectivity index (χ1v) is 6.04. The Kier molecular flexibility index (Phi) is 4.33. The molecule has 0 bridgehead atoms. The molecule has 0 aromatic carbocycles. The van der Waals surface area contributed by atoms with Crippen LogP contribution in [0.1, 0.15) is 33.6 Å². The van der Waals surface area contributed by atoms with Crippen molar-refractivity contribution < 1.29 is 9.90 Å².